The minimum Gasteiger partial charge on any atom is -0.383 e. The van der Waals surface area contributed by atoms with Gasteiger partial charge in [-0.05, 0) is 19.3 Å². The van der Waals surface area contributed by atoms with Crippen molar-refractivity contribution in [3.05, 3.63) is 0 Å². The SMILES string of the molecule is COCCNCC(=O)N1CCCCC1CNC(N)=O.Cl. The van der Waals surface area contributed by atoms with Gasteiger partial charge >= 0.3 is 6.03 Å². The van der Waals surface area contributed by atoms with Gasteiger partial charge in [0.05, 0.1) is 13.2 Å². The zero-order valence-corrected chi connectivity index (χ0v) is 12.7. The summed E-state index contributed by atoms with van der Waals surface area (Å²) in [4.78, 5) is 24.7. The predicted octanol–water partition coefficient (Wildman–Crippen LogP) is -0.306. The zero-order valence-electron chi connectivity index (χ0n) is 11.9. The molecule has 0 saturated carbocycles. The summed E-state index contributed by atoms with van der Waals surface area (Å²) in [6.45, 7) is 2.71. The van der Waals surface area contributed by atoms with Crippen molar-refractivity contribution in [2.24, 2.45) is 5.73 Å². The average Bonchev–Trinajstić information content (AvgIpc) is 2.41. The number of nitrogens with two attached hydrogens (primary N) is 1. The lowest BCUT2D eigenvalue weighted by Gasteiger charge is -2.35. The number of piperidine rings is 1. The van der Waals surface area contributed by atoms with E-state index in [4.69, 9.17) is 10.5 Å². The summed E-state index contributed by atoms with van der Waals surface area (Å²) < 4.78 is 4.91. The Morgan fingerprint density at radius 3 is 2.80 bits per heavy atom. The van der Waals surface area contributed by atoms with Gasteiger partial charge in [0.2, 0.25) is 5.91 Å². The predicted molar refractivity (Wildman–Crippen MR) is 78.9 cm³/mol. The molecule has 0 radical (unpaired) electrons. The molecule has 1 heterocycles. The van der Waals surface area contributed by atoms with E-state index in [9.17, 15) is 9.59 Å². The number of hydrogen-bond donors (Lipinski definition) is 3. The third-order valence-corrected chi connectivity index (χ3v) is 3.22. The fourth-order valence-electron chi connectivity index (χ4n) is 2.23. The van der Waals surface area contributed by atoms with Crippen molar-refractivity contribution in [3.63, 3.8) is 0 Å². The van der Waals surface area contributed by atoms with E-state index >= 15 is 0 Å². The van der Waals surface area contributed by atoms with Crippen molar-refractivity contribution in [1.82, 2.24) is 15.5 Å². The van der Waals surface area contributed by atoms with Gasteiger partial charge in [-0.3, -0.25) is 4.79 Å². The molecule has 1 saturated heterocycles. The van der Waals surface area contributed by atoms with Crippen LogP contribution in [0.15, 0.2) is 0 Å². The van der Waals surface area contributed by atoms with Gasteiger partial charge in [-0.1, -0.05) is 0 Å². The van der Waals surface area contributed by atoms with Crippen LogP contribution < -0.4 is 16.4 Å². The maximum absolute atomic E-state index is 12.1. The first-order valence-corrected chi connectivity index (χ1v) is 6.67. The average molecular weight is 309 g/mol. The van der Waals surface area contributed by atoms with Gasteiger partial charge in [-0.25, -0.2) is 4.79 Å². The van der Waals surface area contributed by atoms with Crippen LogP contribution in [-0.2, 0) is 9.53 Å². The van der Waals surface area contributed by atoms with Crippen LogP contribution in [0.4, 0.5) is 4.79 Å². The van der Waals surface area contributed by atoms with Gasteiger partial charge in [0.15, 0.2) is 0 Å². The number of methoxy groups -OCH3 is 1. The number of rotatable bonds is 7. The van der Waals surface area contributed by atoms with Crippen LogP contribution in [0, 0.1) is 0 Å². The Morgan fingerprint density at radius 1 is 1.40 bits per heavy atom. The number of urea groups is 1. The second kappa shape index (κ2) is 10.7. The zero-order chi connectivity index (χ0) is 14.1. The van der Waals surface area contributed by atoms with Crippen LogP contribution in [0.5, 0.6) is 0 Å². The van der Waals surface area contributed by atoms with E-state index < -0.39 is 6.03 Å². The van der Waals surface area contributed by atoms with Crippen LogP contribution in [-0.4, -0.2) is 62.8 Å². The molecule has 0 spiro atoms. The van der Waals surface area contributed by atoms with Crippen molar-refractivity contribution in [2.45, 2.75) is 25.3 Å². The van der Waals surface area contributed by atoms with E-state index in [1.54, 1.807) is 7.11 Å². The first kappa shape index (κ1) is 18.9. The molecule has 8 heteroatoms. The topological polar surface area (TPSA) is 96.7 Å². The minimum atomic E-state index is -0.545. The molecular formula is C12H25ClN4O3. The molecule has 1 aliphatic heterocycles. The number of carbonyl (C=O) groups is 2. The summed E-state index contributed by atoms with van der Waals surface area (Å²) in [6, 6.07) is -0.492. The van der Waals surface area contributed by atoms with E-state index in [-0.39, 0.29) is 24.4 Å². The molecule has 1 aliphatic rings. The van der Waals surface area contributed by atoms with Crippen molar-refractivity contribution >= 4 is 24.3 Å². The largest absolute Gasteiger partial charge is 0.383 e. The number of nitrogens with one attached hydrogen (secondary N) is 2. The van der Waals surface area contributed by atoms with Crippen molar-refractivity contribution in [3.8, 4) is 0 Å². The highest BCUT2D eigenvalue weighted by atomic mass is 35.5. The number of nitrogens with zero attached hydrogens (tertiary/aromatic N) is 1. The highest BCUT2D eigenvalue weighted by Crippen LogP contribution is 2.16. The number of primary amides is 1. The second-order valence-electron chi connectivity index (χ2n) is 4.65. The Balaban J connectivity index is 0.00000361. The summed E-state index contributed by atoms with van der Waals surface area (Å²) in [5, 5.41) is 5.62. The number of hydrogen-bond acceptors (Lipinski definition) is 4. The standard InChI is InChI=1S/C12H24N4O3.ClH/c1-19-7-5-14-9-11(17)16-6-3-2-4-10(16)8-15-12(13)18;/h10,14H,2-9H2,1H3,(H3,13,15,18);1H. The van der Waals surface area contributed by atoms with Crippen LogP contribution in [0.3, 0.4) is 0 Å². The Hall–Kier alpha value is -1.05. The summed E-state index contributed by atoms with van der Waals surface area (Å²) >= 11 is 0. The molecule has 0 aromatic carbocycles. The number of likely N-dealkylation sites (tertiary alicyclic amines) is 1. The Bertz CT molecular complexity index is 304. The Labute approximate surface area is 126 Å². The molecule has 4 N–H and O–H groups in total. The van der Waals surface area contributed by atoms with E-state index in [0.29, 0.717) is 26.2 Å². The van der Waals surface area contributed by atoms with Gasteiger partial charge in [-0.2, -0.15) is 0 Å². The van der Waals surface area contributed by atoms with Crippen LogP contribution in [0.25, 0.3) is 0 Å². The third kappa shape index (κ3) is 6.93. The highest BCUT2D eigenvalue weighted by Gasteiger charge is 2.26. The number of ether oxygens (including phenoxy) is 1. The van der Waals surface area contributed by atoms with Gasteiger partial charge in [-0.15, -0.1) is 12.4 Å². The number of amides is 3. The van der Waals surface area contributed by atoms with E-state index in [1.807, 2.05) is 4.90 Å². The molecule has 1 atom stereocenters. The molecule has 1 rings (SSSR count). The lowest BCUT2D eigenvalue weighted by Crippen LogP contribution is -2.52. The summed E-state index contributed by atoms with van der Waals surface area (Å²) in [7, 11) is 1.62. The molecule has 1 unspecified atom stereocenters. The number of halogens is 1. The van der Waals surface area contributed by atoms with Gasteiger partial charge < -0.3 is 26.0 Å². The third-order valence-electron chi connectivity index (χ3n) is 3.22. The quantitative estimate of drug-likeness (QED) is 0.562. The van der Waals surface area contributed by atoms with Gasteiger partial charge in [0.1, 0.15) is 0 Å². The summed E-state index contributed by atoms with van der Waals surface area (Å²) in [6.07, 6.45) is 2.99. The molecule has 20 heavy (non-hydrogen) atoms. The molecule has 118 valence electrons. The fraction of sp³-hybridized carbons (Fsp3) is 0.833. The minimum absolute atomic E-state index is 0. The highest BCUT2D eigenvalue weighted by molar-refractivity contribution is 5.85. The fourth-order valence-corrected chi connectivity index (χ4v) is 2.23. The number of carbonyl (C=O) groups excluding carboxylic acids is 2. The van der Waals surface area contributed by atoms with E-state index in [2.05, 4.69) is 10.6 Å². The molecule has 1 fully saturated rings. The van der Waals surface area contributed by atoms with Crippen molar-refractivity contribution in [1.29, 1.82) is 0 Å². The first-order chi connectivity index (χ1) is 9.15. The molecule has 0 aromatic heterocycles. The van der Waals surface area contributed by atoms with Crippen molar-refractivity contribution < 1.29 is 14.3 Å². The Morgan fingerprint density at radius 2 is 2.15 bits per heavy atom. The molecule has 0 aliphatic carbocycles. The normalized spacial score (nSPS) is 18.2. The smallest absolute Gasteiger partial charge is 0.312 e. The lowest BCUT2D eigenvalue weighted by atomic mass is 10.0. The molecule has 7 nitrogen and oxygen atoms in total. The second-order valence-corrected chi connectivity index (χ2v) is 4.65. The molecule has 0 bridgehead atoms. The summed E-state index contributed by atoms with van der Waals surface area (Å²) in [5.41, 5.74) is 5.06. The first-order valence-electron chi connectivity index (χ1n) is 6.67. The lowest BCUT2D eigenvalue weighted by molar-refractivity contribution is -0.133. The van der Waals surface area contributed by atoms with Crippen LogP contribution >= 0.6 is 12.4 Å². The molecule has 3 amide bonds. The van der Waals surface area contributed by atoms with Gasteiger partial charge in [0.25, 0.3) is 0 Å². The van der Waals surface area contributed by atoms with E-state index in [1.165, 1.54) is 0 Å². The maximum Gasteiger partial charge on any atom is 0.312 e. The van der Waals surface area contributed by atoms with Gasteiger partial charge in [0, 0.05) is 32.8 Å². The van der Waals surface area contributed by atoms with Crippen LogP contribution in [0.1, 0.15) is 19.3 Å². The maximum atomic E-state index is 12.1. The summed E-state index contributed by atoms with van der Waals surface area (Å²) in [5.74, 6) is 0.0621. The molecular weight excluding hydrogens is 284 g/mol. The van der Waals surface area contributed by atoms with Crippen molar-refractivity contribution in [2.75, 3.05) is 39.9 Å². The monoisotopic (exact) mass is 308 g/mol. The molecule has 0 aromatic rings. The Kier molecular flexibility index (Phi) is 10.1. The van der Waals surface area contributed by atoms with Crippen LogP contribution in [0.2, 0.25) is 0 Å². The van der Waals surface area contributed by atoms with E-state index in [0.717, 1.165) is 25.8 Å².